The van der Waals surface area contributed by atoms with Crippen molar-refractivity contribution in [3.63, 3.8) is 0 Å². The van der Waals surface area contributed by atoms with Gasteiger partial charge in [0.25, 0.3) is 16.0 Å². The van der Waals surface area contributed by atoms with Gasteiger partial charge in [-0.2, -0.15) is 8.42 Å². The van der Waals surface area contributed by atoms with Crippen molar-refractivity contribution < 1.29 is 22.5 Å². The van der Waals surface area contributed by atoms with Crippen molar-refractivity contribution in [2.24, 2.45) is 5.73 Å². The number of hydrogen-bond acceptors (Lipinski definition) is 6. The minimum atomic E-state index is -3.67. The molecule has 1 amide bonds. The lowest BCUT2D eigenvalue weighted by molar-refractivity contribution is -0.114. The van der Waals surface area contributed by atoms with E-state index in [0.717, 1.165) is 5.56 Å². The summed E-state index contributed by atoms with van der Waals surface area (Å²) in [5, 5.41) is 9.49. The van der Waals surface area contributed by atoms with Crippen LogP contribution in [0.5, 0.6) is 5.75 Å². The summed E-state index contributed by atoms with van der Waals surface area (Å²) in [6, 6.07) is 10.8. The van der Waals surface area contributed by atoms with Gasteiger partial charge in [-0.1, -0.05) is 18.2 Å². The Morgan fingerprint density at radius 3 is 2.52 bits per heavy atom. The molecular weight excluding hydrogens is 372 g/mol. The van der Waals surface area contributed by atoms with Gasteiger partial charge in [0.05, 0.1) is 13.4 Å². The largest absolute Gasteiger partial charge is 0.497 e. The Bertz CT molecular complexity index is 919. The third-order valence-electron chi connectivity index (χ3n) is 2.87. The van der Waals surface area contributed by atoms with Gasteiger partial charge >= 0.3 is 0 Å². The predicted octanol–water partition coefficient (Wildman–Crippen LogP) is 1.14. The zero-order valence-electron chi connectivity index (χ0n) is 14.7. The van der Waals surface area contributed by atoms with Gasteiger partial charge in [0.15, 0.2) is 5.96 Å². The van der Waals surface area contributed by atoms with E-state index in [1.165, 1.54) is 0 Å². The average molecular weight is 392 g/mol. The van der Waals surface area contributed by atoms with Gasteiger partial charge in [-0.3, -0.25) is 25.1 Å². The third kappa shape index (κ3) is 9.14. The van der Waals surface area contributed by atoms with Crippen LogP contribution < -0.4 is 15.8 Å². The fourth-order valence-corrected chi connectivity index (χ4v) is 1.89. The lowest BCUT2D eigenvalue weighted by Crippen LogP contribution is -2.36. The summed E-state index contributed by atoms with van der Waals surface area (Å²) in [5.74, 6) is -0.194. The van der Waals surface area contributed by atoms with Crippen molar-refractivity contribution in [3.05, 3.63) is 59.9 Å². The first-order valence-corrected chi connectivity index (χ1v) is 9.29. The van der Waals surface area contributed by atoms with E-state index in [2.05, 4.69) is 10.3 Å². The number of ether oxygens (including phenoxy) is 1. The van der Waals surface area contributed by atoms with Gasteiger partial charge in [-0.05, 0) is 29.8 Å². The van der Waals surface area contributed by atoms with Gasteiger partial charge in [0.2, 0.25) is 0 Å². The topological polar surface area (TPSA) is 155 Å². The molecule has 0 aliphatic rings. The Kier molecular flexibility index (Phi) is 8.11. The number of carbonyl (C=O) groups excluding carboxylic acids is 1. The van der Waals surface area contributed by atoms with E-state index in [1.807, 2.05) is 18.2 Å². The average Bonchev–Trinajstić information content (AvgIpc) is 2.58. The van der Waals surface area contributed by atoms with Crippen LogP contribution in [0, 0.1) is 5.41 Å². The maximum Gasteiger partial charge on any atom is 0.261 e. The minimum Gasteiger partial charge on any atom is -0.497 e. The summed E-state index contributed by atoms with van der Waals surface area (Å²) < 4.78 is 31.0. The van der Waals surface area contributed by atoms with Crippen LogP contribution >= 0.6 is 0 Å². The van der Waals surface area contributed by atoms with Gasteiger partial charge in [0, 0.05) is 23.5 Å². The molecule has 0 saturated heterocycles. The highest BCUT2D eigenvalue weighted by Gasteiger charge is 2.13. The molecule has 2 aromatic rings. The molecule has 10 heteroatoms. The summed E-state index contributed by atoms with van der Waals surface area (Å²) in [4.78, 5) is 16.3. The Labute approximate surface area is 157 Å². The fraction of sp³-hybridized carbons (Fsp3) is 0.118. The normalized spacial score (nSPS) is 11.0. The maximum atomic E-state index is 12.3. The zero-order valence-corrected chi connectivity index (χ0v) is 15.5. The predicted molar refractivity (Wildman–Crippen MR) is 103 cm³/mol. The van der Waals surface area contributed by atoms with Gasteiger partial charge in [-0.15, -0.1) is 0 Å². The number of guanidine groups is 1. The number of aromatic nitrogens is 1. The molecule has 2 rings (SSSR count). The molecule has 144 valence electrons. The molecule has 0 radical (unpaired) electrons. The lowest BCUT2D eigenvalue weighted by atomic mass is 10.0. The van der Waals surface area contributed by atoms with E-state index in [0.29, 0.717) is 23.1 Å². The van der Waals surface area contributed by atoms with Crippen LogP contribution in [0.25, 0.3) is 11.6 Å². The Morgan fingerprint density at radius 2 is 2.00 bits per heavy atom. The number of amides is 1. The molecule has 9 nitrogen and oxygen atoms in total. The van der Waals surface area contributed by atoms with E-state index in [4.69, 9.17) is 20.4 Å². The van der Waals surface area contributed by atoms with Crippen molar-refractivity contribution in [3.8, 4) is 5.75 Å². The SMILES string of the molecule is COc1cccc(/C=C(/C(=O)NC(=N)N)c2cccnc2)c1.CS(=O)(=O)O. The molecule has 1 aromatic heterocycles. The lowest BCUT2D eigenvalue weighted by Gasteiger charge is -2.08. The van der Waals surface area contributed by atoms with Crippen molar-refractivity contribution in [1.29, 1.82) is 5.41 Å². The van der Waals surface area contributed by atoms with Gasteiger partial charge in [-0.25, -0.2) is 0 Å². The Balaban J connectivity index is 0.000000646. The molecule has 5 N–H and O–H groups in total. The highest BCUT2D eigenvalue weighted by Crippen LogP contribution is 2.20. The first-order valence-electron chi connectivity index (χ1n) is 7.44. The van der Waals surface area contributed by atoms with Crippen LogP contribution in [0.3, 0.4) is 0 Å². The second-order valence-electron chi connectivity index (χ2n) is 5.18. The van der Waals surface area contributed by atoms with Crippen LogP contribution in [0.15, 0.2) is 48.8 Å². The molecule has 0 unspecified atom stereocenters. The molecule has 27 heavy (non-hydrogen) atoms. The first kappa shape index (κ1) is 21.8. The number of carbonyl (C=O) groups is 1. The number of benzene rings is 1. The van der Waals surface area contributed by atoms with E-state index < -0.39 is 22.0 Å². The Hall–Kier alpha value is -3.24. The van der Waals surface area contributed by atoms with Crippen LogP contribution in [-0.4, -0.2) is 43.2 Å². The van der Waals surface area contributed by atoms with E-state index in [-0.39, 0.29) is 0 Å². The van der Waals surface area contributed by atoms with Gasteiger partial charge < -0.3 is 10.5 Å². The van der Waals surface area contributed by atoms with Crippen molar-refractivity contribution in [2.45, 2.75) is 0 Å². The maximum absolute atomic E-state index is 12.3. The number of pyridine rings is 1. The van der Waals surface area contributed by atoms with Crippen molar-refractivity contribution >= 4 is 33.6 Å². The van der Waals surface area contributed by atoms with Crippen molar-refractivity contribution in [2.75, 3.05) is 13.4 Å². The molecule has 0 aliphatic heterocycles. The number of nitrogens with one attached hydrogen (secondary N) is 2. The molecule has 1 heterocycles. The standard InChI is InChI=1S/C16H16N4O2.CH4O3S/c1-22-13-6-2-4-11(8-13)9-14(15(21)20-16(17)18)12-5-3-7-19-10-12;1-5(2,3)4/h2-10H,1H3,(H4,17,18,20,21);1H3,(H,2,3,4)/b14-9+;. The smallest absolute Gasteiger partial charge is 0.261 e. The minimum absolute atomic E-state index is 0.358. The number of nitrogens with zero attached hydrogens (tertiary/aromatic N) is 1. The summed E-state index contributed by atoms with van der Waals surface area (Å²) in [6.07, 6.45) is 5.60. The molecule has 0 bridgehead atoms. The molecule has 0 atom stereocenters. The molecule has 0 spiro atoms. The Morgan fingerprint density at radius 1 is 1.33 bits per heavy atom. The van der Waals surface area contributed by atoms with Crippen LogP contribution in [-0.2, 0) is 14.9 Å². The molecule has 0 saturated carbocycles. The monoisotopic (exact) mass is 392 g/mol. The second-order valence-corrected chi connectivity index (χ2v) is 6.64. The number of rotatable bonds is 4. The second kappa shape index (κ2) is 10.0. The summed E-state index contributed by atoms with van der Waals surface area (Å²) >= 11 is 0. The summed E-state index contributed by atoms with van der Waals surface area (Å²) in [6.45, 7) is 0. The van der Waals surface area contributed by atoms with E-state index >= 15 is 0 Å². The van der Waals surface area contributed by atoms with Crippen LogP contribution in [0.4, 0.5) is 0 Å². The molecule has 0 fully saturated rings. The highest BCUT2D eigenvalue weighted by molar-refractivity contribution is 7.85. The molecular formula is C17H20N4O5S. The van der Waals surface area contributed by atoms with Crippen LogP contribution in [0.2, 0.25) is 0 Å². The zero-order chi connectivity index (χ0) is 20.4. The highest BCUT2D eigenvalue weighted by atomic mass is 32.2. The van der Waals surface area contributed by atoms with Crippen LogP contribution in [0.1, 0.15) is 11.1 Å². The third-order valence-corrected chi connectivity index (χ3v) is 2.87. The fourth-order valence-electron chi connectivity index (χ4n) is 1.89. The van der Waals surface area contributed by atoms with E-state index in [9.17, 15) is 13.2 Å². The number of methoxy groups -OCH3 is 1. The van der Waals surface area contributed by atoms with Crippen molar-refractivity contribution in [1.82, 2.24) is 10.3 Å². The van der Waals surface area contributed by atoms with E-state index in [1.54, 1.807) is 43.8 Å². The molecule has 0 aliphatic carbocycles. The first-order chi connectivity index (χ1) is 12.6. The molecule has 1 aromatic carbocycles. The number of nitrogens with two attached hydrogens (primary N) is 1. The van der Waals surface area contributed by atoms with Gasteiger partial charge in [0.1, 0.15) is 5.75 Å². The quantitative estimate of drug-likeness (QED) is 0.263. The number of hydrogen-bond donors (Lipinski definition) is 4. The summed E-state index contributed by atoms with van der Waals surface area (Å²) in [5.41, 5.74) is 7.01. The summed E-state index contributed by atoms with van der Waals surface area (Å²) in [7, 11) is -2.09.